The van der Waals surface area contributed by atoms with Gasteiger partial charge in [-0.1, -0.05) is 23.7 Å². The number of carbonyl (C=O) groups is 1. The predicted molar refractivity (Wildman–Crippen MR) is 105 cm³/mol. The molecule has 0 radical (unpaired) electrons. The van der Waals surface area contributed by atoms with Gasteiger partial charge in [-0.15, -0.1) is 0 Å². The third-order valence-electron chi connectivity index (χ3n) is 3.76. The van der Waals surface area contributed by atoms with Crippen molar-refractivity contribution in [3.63, 3.8) is 0 Å². The number of hydrogen-bond acceptors (Lipinski definition) is 3. The molecule has 0 bridgehead atoms. The van der Waals surface area contributed by atoms with Crippen LogP contribution in [0.5, 0.6) is 0 Å². The summed E-state index contributed by atoms with van der Waals surface area (Å²) in [4.78, 5) is 20.9. The molecule has 132 valence electrons. The van der Waals surface area contributed by atoms with Crippen molar-refractivity contribution < 1.29 is 4.79 Å². The molecule has 0 unspecified atom stereocenters. The second-order valence-corrected chi connectivity index (χ2v) is 7.57. The highest BCUT2D eigenvalue weighted by Gasteiger charge is 2.17. The minimum atomic E-state index is -0.316. The van der Waals surface area contributed by atoms with Crippen LogP contribution in [0.3, 0.4) is 0 Å². The molecule has 4 nitrogen and oxygen atoms in total. The van der Waals surface area contributed by atoms with Crippen LogP contribution >= 0.6 is 11.6 Å². The molecule has 5 heteroatoms. The Labute approximate surface area is 158 Å². The number of halogens is 1. The highest BCUT2D eigenvalue weighted by Crippen LogP contribution is 2.29. The fraction of sp³-hybridized carbons (Fsp3) is 0.190. The lowest BCUT2D eigenvalue weighted by Crippen LogP contribution is -2.40. The Bertz CT molecular complexity index is 916. The van der Waals surface area contributed by atoms with Crippen molar-refractivity contribution in [3.8, 4) is 22.3 Å². The Morgan fingerprint density at radius 1 is 0.885 bits per heavy atom. The second kappa shape index (κ2) is 7.26. The third-order valence-corrected chi connectivity index (χ3v) is 4.01. The molecule has 1 N–H and O–H groups in total. The lowest BCUT2D eigenvalue weighted by molar-refractivity contribution is 0.0919. The molecule has 0 aliphatic heterocycles. The van der Waals surface area contributed by atoms with E-state index in [1.165, 1.54) is 6.33 Å². The van der Waals surface area contributed by atoms with Crippen molar-refractivity contribution in [3.05, 3.63) is 71.8 Å². The summed E-state index contributed by atoms with van der Waals surface area (Å²) in [6.45, 7) is 5.87. The lowest BCUT2D eigenvalue weighted by atomic mass is 9.96. The largest absolute Gasteiger partial charge is 0.347 e. The van der Waals surface area contributed by atoms with Crippen LogP contribution in [0, 0.1) is 0 Å². The van der Waals surface area contributed by atoms with Gasteiger partial charge in [-0.05, 0) is 67.8 Å². The first kappa shape index (κ1) is 18.1. The van der Waals surface area contributed by atoms with Gasteiger partial charge in [-0.2, -0.15) is 0 Å². The van der Waals surface area contributed by atoms with E-state index in [1.807, 2.05) is 63.2 Å². The van der Waals surface area contributed by atoms with Gasteiger partial charge in [0, 0.05) is 34.1 Å². The lowest BCUT2D eigenvalue weighted by Gasteiger charge is -2.21. The summed E-state index contributed by atoms with van der Waals surface area (Å²) in [6.07, 6.45) is 4.96. The summed E-state index contributed by atoms with van der Waals surface area (Å²) in [5.41, 5.74) is 3.93. The minimum absolute atomic E-state index is 0.119. The summed E-state index contributed by atoms with van der Waals surface area (Å²) < 4.78 is 0. The first-order chi connectivity index (χ1) is 12.3. The molecule has 0 aliphatic carbocycles. The van der Waals surface area contributed by atoms with Crippen molar-refractivity contribution in [1.82, 2.24) is 15.3 Å². The smallest absolute Gasteiger partial charge is 0.251 e. The highest BCUT2D eigenvalue weighted by molar-refractivity contribution is 6.30. The maximum atomic E-state index is 12.7. The van der Waals surface area contributed by atoms with Crippen molar-refractivity contribution in [2.24, 2.45) is 0 Å². The third kappa shape index (κ3) is 4.46. The number of hydrogen-bond donors (Lipinski definition) is 1. The molecular weight excluding hydrogens is 346 g/mol. The number of amides is 1. The fourth-order valence-electron chi connectivity index (χ4n) is 2.60. The first-order valence-electron chi connectivity index (χ1n) is 8.31. The molecule has 3 rings (SSSR count). The molecule has 0 spiro atoms. The van der Waals surface area contributed by atoms with E-state index < -0.39 is 0 Å². The maximum absolute atomic E-state index is 12.7. The van der Waals surface area contributed by atoms with Crippen LogP contribution in [0.2, 0.25) is 5.02 Å². The van der Waals surface area contributed by atoms with Gasteiger partial charge in [-0.3, -0.25) is 4.79 Å². The minimum Gasteiger partial charge on any atom is -0.347 e. The standard InChI is InChI=1S/C21H20ClN3O/c1-21(2,3)25-20(26)17-9-15(14-4-6-19(22)7-5-14)8-16(10-17)18-11-23-13-24-12-18/h4-13H,1-3H3,(H,25,26). The van der Waals surface area contributed by atoms with E-state index in [1.54, 1.807) is 12.4 Å². The van der Waals surface area contributed by atoms with E-state index in [9.17, 15) is 4.79 Å². The normalized spacial score (nSPS) is 11.2. The number of rotatable bonds is 3. The maximum Gasteiger partial charge on any atom is 0.251 e. The average molecular weight is 366 g/mol. The molecule has 2 aromatic carbocycles. The Morgan fingerprint density at radius 2 is 1.46 bits per heavy atom. The number of aromatic nitrogens is 2. The van der Waals surface area contributed by atoms with Gasteiger partial charge in [0.15, 0.2) is 0 Å². The van der Waals surface area contributed by atoms with Crippen LogP contribution in [0.4, 0.5) is 0 Å². The molecule has 1 aromatic heterocycles. The van der Waals surface area contributed by atoms with Gasteiger partial charge in [0.1, 0.15) is 6.33 Å². The molecule has 0 saturated carbocycles. The van der Waals surface area contributed by atoms with E-state index in [0.29, 0.717) is 10.6 Å². The van der Waals surface area contributed by atoms with Crippen molar-refractivity contribution in [2.75, 3.05) is 0 Å². The van der Waals surface area contributed by atoms with Gasteiger partial charge < -0.3 is 5.32 Å². The topological polar surface area (TPSA) is 54.9 Å². The molecule has 1 heterocycles. The quantitative estimate of drug-likeness (QED) is 0.711. The van der Waals surface area contributed by atoms with Crippen LogP contribution in [0.1, 0.15) is 31.1 Å². The highest BCUT2D eigenvalue weighted by atomic mass is 35.5. The summed E-state index contributed by atoms with van der Waals surface area (Å²) in [5, 5.41) is 3.68. The Balaban J connectivity index is 2.10. The number of nitrogens with zero attached hydrogens (tertiary/aromatic N) is 2. The van der Waals surface area contributed by atoms with Gasteiger partial charge in [-0.25, -0.2) is 9.97 Å². The Morgan fingerprint density at radius 3 is 2.04 bits per heavy atom. The van der Waals surface area contributed by atoms with Crippen LogP contribution < -0.4 is 5.32 Å². The Kier molecular flexibility index (Phi) is 5.05. The van der Waals surface area contributed by atoms with Gasteiger partial charge in [0.2, 0.25) is 0 Å². The van der Waals surface area contributed by atoms with E-state index >= 15 is 0 Å². The van der Waals surface area contributed by atoms with Crippen molar-refractivity contribution >= 4 is 17.5 Å². The SMILES string of the molecule is CC(C)(C)NC(=O)c1cc(-c2ccc(Cl)cc2)cc(-c2cncnc2)c1. The molecule has 1 amide bonds. The predicted octanol–water partition coefficient (Wildman–Crippen LogP) is 4.99. The summed E-state index contributed by atoms with van der Waals surface area (Å²) >= 11 is 6.00. The molecule has 26 heavy (non-hydrogen) atoms. The molecule has 0 aliphatic rings. The molecule has 0 fully saturated rings. The number of carbonyl (C=O) groups excluding carboxylic acids is 1. The summed E-state index contributed by atoms with van der Waals surface area (Å²) in [7, 11) is 0. The monoisotopic (exact) mass is 365 g/mol. The number of nitrogens with one attached hydrogen (secondary N) is 1. The molecule has 0 atom stereocenters. The van der Waals surface area contributed by atoms with E-state index in [2.05, 4.69) is 15.3 Å². The zero-order chi connectivity index (χ0) is 18.7. The van der Waals surface area contributed by atoms with E-state index in [0.717, 1.165) is 22.3 Å². The summed E-state index contributed by atoms with van der Waals surface area (Å²) in [6, 6.07) is 13.3. The zero-order valence-corrected chi connectivity index (χ0v) is 15.7. The molecule has 3 aromatic rings. The zero-order valence-electron chi connectivity index (χ0n) is 15.0. The molecule has 0 saturated heterocycles. The average Bonchev–Trinajstić information content (AvgIpc) is 2.61. The van der Waals surface area contributed by atoms with Crippen molar-refractivity contribution in [2.45, 2.75) is 26.3 Å². The fourth-order valence-corrected chi connectivity index (χ4v) is 2.72. The first-order valence-corrected chi connectivity index (χ1v) is 8.68. The number of benzene rings is 2. The van der Waals surface area contributed by atoms with Gasteiger partial charge in [0.25, 0.3) is 5.91 Å². The van der Waals surface area contributed by atoms with Crippen LogP contribution in [0.25, 0.3) is 22.3 Å². The van der Waals surface area contributed by atoms with E-state index in [-0.39, 0.29) is 11.4 Å². The van der Waals surface area contributed by atoms with Crippen molar-refractivity contribution in [1.29, 1.82) is 0 Å². The summed E-state index contributed by atoms with van der Waals surface area (Å²) in [5.74, 6) is -0.119. The second-order valence-electron chi connectivity index (χ2n) is 7.14. The van der Waals surface area contributed by atoms with Crippen LogP contribution in [-0.4, -0.2) is 21.4 Å². The van der Waals surface area contributed by atoms with Gasteiger partial charge >= 0.3 is 0 Å². The Hall–Kier alpha value is -2.72. The van der Waals surface area contributed by atoms with Crippen LogP contribution in [-0.2, 0) is 0 Å². The van der Waals surface area contributed by atoms with E-state index in [4.69, 9.17) is 11.6 Å². The van der Waals surface area contributed by atoms with Gasteiger partial charge in [0.05, 0.1) is 0 Å². The van der Waals surface area contributed by atoms with Crippen LogP contribution in [0.15, 0.2) is 61.2 Å². The molecular formula is C21H20ClN3O.